The second kappa shape index (κ2) is 6.28. The number of hydrogen-bond donors (Lipinski definition) is 1. The van der Waals surface area contributed by atoms with Gasteiger partial charge in [0.05, 0.1) is 18.2 Å². The van der Waals surface area contributed by atoms with Gasteiger partial charge in [-0.1, -0.05) is 11.6 Å². The Morgan fingerprint density at radius 2 is 2.20 bits per heavy atom. The molecule has 1 aliphatic rings. The van der Waals surface area contributed by atoms with Crippen LogP contribution in [0.5, 0.6) is 0 Å². The van der Waals surface area contributed by atoms with E-state index in [9.17, 15) is 14.7 Å². The number of carbonyl (C=O) groups is 2. The Hall–Kier alpha value is -0.860. The normalized spacial score (nSPS) is 21.9. The van der Waals surface area contributed by atoms with E-state index in [0.29, 0.717) is 10.6 Å². The fourth-order valence-electron chi connectivity index (χ4n) is 2.19. The molecule has 1 N–H and O–H groups in total. The minimum absolute atomic E-state index is 0.113. The molecule has 0 aromatic heterocycles. The van der Waals surface area contributed by atoms with Crippen molar-refractivity contribution in [3.05, 3.63) is 32.4 Å². The number of ether oxygens (including phenoxy) is 1. The van der Waals surface area contributed by atoms with Gasteiger partial charge in [-0.2, -0.15) is 0 Å². The first-order valence-electron chi connectivity index (χ1n) is 5.96. The molecule has 1 aromatic carbocycles. The molecule has 0 saturated carbocycles. The Kier molecular flexibility index (Phi) is 4.87. The Balaban J connectivity index is 2.26. The fourth-order valence-corrected chi connectivity index (χ4v) is 2.71. The molecule has 0 bridgehead atoms. The summed E-state index contributed by atoms with van der Waals surface area (Å²) in [5, 5.41) is 10.2. The molecule has 2 atom stereocenters. The van der Waals surface area contributed by atoms with Crippen LogP contribution in [0.1, 0.15) is 16.8 Å². The van der Waals surface area contributed by atoms with Gasteiger partial charge in [-0.15, -0.1) is 0 Å². The standard InChI is InChI=1S/C13H13ClINO4/c1-20-13(19)11-5-8(17)6-16(11)12(18)7-2-3-10(15)9(14)4-7/h2-4,8,11,17H,5-6H2,1H3. The maximum absolute atomic E-state index is 12.4. The van der Waals surface area contributed by atoms with Crippen molar-refractivity contribution in [3.8, 4) is 0 Å². The van der Waals surface area contributed by atoms with Crippen LogP contribution < -0.4 is 0 Å². The van der Waals surface area contributed by atoms with E-state index in [-0.39, 0.29) is 18.9 Å². The Morgan fingerprint density at radius 3 is 2.80 bits per heavy atom. The number of aliphatic hydroxyl groups is 1. The number of likely N-dealkylation sites (tertiary alicyclic amines) is 1. The molecule has 2 unspecified atom stereocenters. The average molecular weight is 410 g/mol. The lowest BCUT2D eigenvalue weighted by molar-refractivity contribution is -0.145. The molecule has 1 aromatic rings. The van der Waals surface area contributed by atoms with Gasteiger partial charge in [0.15, 0.2) is 0 Å². The molecule has 20 heavy (non-hydrogen) atoms. The van der Waals surface area contributed by atoms with Gasteiger partial charge in [0.2, 0.25) is 0 Å². The summed E-state index contributed by atoms with van der Waals surface area (Å²) < 4.78 is 5.51. The van der Waals surface area contributed by atoms with Crippen LogP contribution in [0.2, 0.25) is 5.02 Å². The first-order chi connectivity index (χ1) is 9.43. The summed E-state index contributed by atoms with van der Waals surface area (Å²) in [7, 11) is 1.26. The number of hydrogen-bond acceptors (Lipinski definition) is 4. The van der Waals surface area contributed by atoms with Crippen molar-refractivity contribution in [2.75, 3.05) is 13.7 Å². The zero-order chi connectivity index (χ0) is 14.9. The molecule has 5 nitrogen and oxygen atoms in total. The van der Waals surface area contributed by atoms with Gasteiger partial charge in [0.25, 0.3) is 5.91 Å². The topological polar surface area (TPSA) is 66.8 Å². The molecule has 2 rings (SSSR count). The molecule has 0 aliphatic carbocycles. The fraction of sp³-hybridized carbons (Fsp3) is 0.385. The van der Waals surface area contributed by atoms with Crippen molar-refractivity contribution in [2.24, 2.45) is 0 Å². The maximum atomic E-state index is 12.4. The highest BCUT2D eigenvalue weighted by Crippen LogP contribution is 2.24. The second-order valence-corrected chi connectivity index (χ2v) is 6.08. The molecular formula is C13H13ClINO4. The highest BCUT2D eigenvalue weighted by molar-refractivity contribution is 14.1. The SMILES string of the molecule is COC(=O)C1CC(O)CN1C(=O)c1ccc(I)c(Cl)c1. The van der Waals surface area contributed by atoms with E-state index in [0.717, 1.165) is 3.57 Å². The lowest BCUT2D eigenvalue weighted by atomic mass is 10.1. The van der Waals surface area contributed by atoms with Crippen LogP contribution >= 0.6 is 34.2 Å². The van der Waals surface area contributed by atoms with Gasteiger partial charge in [-0.3, -0.25) is 4.79 Å². The number of aliphatic hydroxyl groups excluding tert-OH is 1. The molecule has 0 spiro atoms. The number of esters is 1. The number of β-amino-alcohol motifs (C(OH)–C–C–N with tert-alkyl or cyclic N) is 1. The summed E-state index contributed by atoms with van der Waals surface area (Å²) in [6.07, 6.45) is -0.529. The number of halogens is 2. The molecule has 1 amide bonds. The summed E-state index contributed by atoms with van der Waals surface area (Å²) in [5.41, 5.74) is 0.387. The van der Waals surface area contributed by atoms with Crippen molar-refractivity contribution in [2.45, 2.75) is 18.6 Å². The minimum atomic E-state index is -0.749. The van der Waals surface area contributed by atoms with Crippen molar-refractivity contribution in [1.29, 1.82) is 0 Å². The van der Waals surface area contributed by atoms with Crippen LogP contribution in [-0.4, -0.2) is 47.7 Å². The van der Waals surface area contributed by atoms with E-state index in [1.54, 1.807) is 18.2 Å². The summed E-state index contributed by atoms with van der Waals surface area (Å²) in [6.45, 7) is 0.113. The zero-order valence-electron chi connectivity index (χ0n) is 10.7. The second-order valence-electron chi connectivity index (χ2n) is 4.51. The number of benzene rings is 1. The first kappa shape index (κ1) is 15.5. The van der Waals surface area contributed by atoms with Crippen molar-refractivity contribution >= 4 is 46.1 Å². The molecule has 1 heterocycles. The third kappa shape index (κ3) is 3.07. The number of amides is 1. The predicted molar refractivity (Wildman–Crippen MR) is 81.6 cm³/mol. The van der Waals surface area contributed by atoms with Crippen LogP contribution in [0.15, 0.2) is 18.2 Å². The maximum Gasteiger partial charge on any atom is 0.328 e. The number of methoxy groups -OCH3 is 1. The lowest BCUT2D eigenvalue weighted by Gasteiger charge is -2.22. The van der Waals surface area contributed by atoms with Crippen LogP contribution in [0, 0.1) is 3.57 Å². The number of carbonyl (C=O) groups excluding carboxylic acids is 2. The Bertz CT molecular complexity index is 551. The van der Waals surface area contributed by atoms with Crippen LogP contribution in [-0.2, 0) is 9.53 Å². The predicted octanol–water partition coefficient (Wildman–Crippen LogP) is 1.69. The summed E-state index contributed by atoms with van der Waals surface area (Å²) in [5.74, 6) is -0.859. The number of nitrogens with zero attached hydrogens (tertiary/aromatic N) is 1. The molecule has 7 heteroatoms. The summed E-state index contributed by atoms with van der Waals surface area (Å²) in [6, 6.07) is 4.19. The smallest absolute Gasteiger partial charge is 0.328 e. The number of rotatable bonds is 2. The quantitative estimate of drug-likeness (QED) is 0.596. The van der Waals surface area contributed by atoms with Crippen LogP contribution in [0.25, 0.3) is 0 Å². The van der Waals surface area contributed by atoms with Crippen molar-refractivity contribution in [1.82, 2.24) is 4.90 Å². The zero-order valence-corrected chi connectivity index (χ0v) is 13.6. The van der Waals surface area contributed by atoms with E-state index in [4.69, 9.17) is 11.6 Å². The minimum Gasteiger partial charge on any atom is -0.467 e. The van der Waals surface area contributed by atoms with E-state index < -0.39 is 18.1 Å². The van der Waals surface area contributed by atoms with E-state index >= 15 is 0 Å². The van der Waals surface area contributed by atoms with Gasteiger partial charge in [0, 0.05) is 22.1 Å². The van der Waals surface area contributed by atoms with Crippen molar-refractivity contribution < 1.29 is 19.4 Å². The molecule has 1 fully saturated rings. The highest BCUT2D eigenvalue weighted by atomic mass is 127. The molecule has 1 aliphatic heterocycles. The largest absolute Gasteiger partial charge is 0.467 e. The van der Waals surface area contributed by atoms with Gasteiger partial charge in [-0.25, -0.2) is 4.79 Å². The monoisotopic (exact) mass is 409 g/mol. The third-order valence-electron chi connectivity index (χ3n) is 3.18. The van der Waals surface area contributed by atoms with Gasteiger partial charge < -0.3 is 14.7 Å². The van der Waals surface area contributed by atoms with Crippen molar-refractivity contribution in [3.63, 3.8) is 0 Å². The van der Waals surface area contributed by atoms with Gasteiger partial charge >= 0.3 is 5.97 Å². The molecular weight excluding hydrogens is 397 g/mol. The van der Waals surface area contributed by atoms with Crippen LogP contribution in [0.4, 0.5) is 0 Å². The summed E-state index contributed by atoms with van der Waals surface area (Å²) >= 11 is 8.07. The van der Waals surface area contributed by atoms with Gasteiger partial charge in [-0.05, 0) is 40.8 Å². The Labute approximate surface area is 135 Å². The summed E-state index contributed by atoms with van der Waals surface area (Å²) in [4.78, 5) is 25.4. The molecule has 108 valence electrons. The average Bonchev–Trinajstić information content (AvgIpc) is 2.82. The van der Waals surface area contributed by atoms with Gasteiger partial charge in [0.1, 0.15) is 6.04 Å². The molecule has 0 radical (unpaired) electrons. The van der Waals surface area contributed by atoms with E-state index in [1.165, 1.54) is 12.0 Å². The Morgan fingerprint density at radius 1 is 1.50 bits per heavy atom. The lowest BCUT2D eigenvalue weighted by Crippen LogP contribution is -2.41. The first-order valence-corrected chi connectivity index (χ1v) is 7.41. The molecule has 1 saturated heterocycles. The van der Waals surface area contributed by atoms with E-state index in [1.807, 2.05) is 0 Å². The van der Waals surface area contributed by atoms with E-state index in [2.05, 4.69) is 27.3 Å². The highest BCUT2D eigenvalue weighted by Gasteiger charge is 2.39. The third-order valence-corrected chi connectivity index (χ3v) is 4.75. The van der Waals surface area contributed by atoms with Crippen LogP contribution in [0.3, 0.4) is 0 Å².